The van der Waals surface area contributed by atoms with E-state index in [1.54, 1.807) is 0 Å². The van der Waals surface area contributed by atoms with Crippen molar-refractivity contribution >= 4 is 11.9 Å². The minimum Gasteiger partial charge on any atom is -0.462 e. The number of carbonyl (C=O) groups is 2. The van der Waals surface area contributed by atoms with Crippen LogP contribution in [-0.4, -0.2) is 46.9 Å². The number of nitrogens with one attached hydrogen (secondary N) is 1. The van der Waals surface area contributed by atoms with Gasteiger partial charge in [-0.3, -0.25) is 9.59 Å². The number of aliphatic hydroxyl groups is 2. The second-order valence-electron chi connectivity index (χ2n) is 17.3. The van der Waals surface area contributed by atoms with Crippen molar-refractivity contribution in [3.05, 3.63) is 60.8 Å². The van der Waals surface area contributed by atoms with E-state index in [-0.39, 0.29) is 24.9 Å². The van der Waals surface area contributed by atoms with E-state index < -0.39 is 18.2 Å². The van der Waals surface area contributed by atoms with E-state index in [0.717, 1.165) is 70.6 Å². The van der Waals surface area contributed by atoms with Gasteiger partial charge in [-0.2, -0.15) is 0 Å². The minimum atomic E-state index is -0.800. The van der Waals surface area contributed by atoms with Gasteiger partial charge in [-0.25, -0.2) is 0 Å². The van der Waals surface area contributed by atoms with Crippen LogP contribution in [0, 0.1) is 0 Å². The molecular weight excluding hydrogens is 743 g/mol. The van der Waals surface area contributed by atoms with E-state index in [0.29, 0.717) is 19.3 Å². The van der Waals surface area contributed by atoms with Gasteiger partial charge >= 0.3 is 5.97 Å². The van der Waals surface area contributed by atoms with Crippen LogP contribution in [0.5, 0.6) is 0 Å². The highest BCUT2D eigenvalue weighted by Gasteiger charge is 2.24. The predicted octanol–water partition coefficient (Wildman–Crippen LogP) is 15.2. The molecule has 0 bridgehead atoms. The van der Waals surface area contributed by atoms with Crippen LogP contribution in [0.3, 0.4) is 0 Å². The number of unbranched alkanes of at least 4 members (excludes halogenated alkanes) is 26. The van der Waals surface area contributed by atoms with E-state index in [1.165, 1.54) is 128 Å². The van der Waals surface area contributed by atoms with Crippen LogP contribution in [0.1, 0.15) is 245 Å². The molecule has 0 aromatic rings. The zero-order valence-electron chi connectivity index (χ0n) is 39.6. The van der Waals surface area contributed by atoms with Crippen LogP contribution in [-0.2, 0) is 14.3 Å². The fourth-order valence-electron chi connectivity index (χ4n) is 7.55. The van der Waals surface area contributed by atoms with Crippen molar-refractivity contribution in [1.82, 2.24) is 5.32 Å². The van der Waals surface area contributed by atoms with Crippen molar-refractivity contribution in [2.24, 2.45) is 0 Å². The number of hydrogen-bond donors (Lipinski definition) is 3. The standard InChI is InChI=1S/C54H97NO5/c1-4-7-10-13-16-19-22-25-26-29-32-35-38-41-44-47-54(59)60-50(45-42-39-36-33-30-27-23-20-17-14-11-8-5-2)48-53(58)55-51(49-56)52(57)46-43-40-37-34-31-28-24-21-18-15-12-9-6-3/h8,11,14,17,19-20,22-23,27,30,50-52,56-57H,4-7,9-10,12-13,15-16,18,21,24-26,28-29,31-49H2,1-3H3,(H,55,58)/b11-8+,17-14+,22-19-,23-20+,30-27-. The largest absolute Gasteiger partial charge is 0.462 e. The average Bonchev–Trinajstić information content (AvgIpc) is 3.24. The molecule has 0 rings (SSSR count). The Balaban J connectivity index is 4.63. The van der Waals surface area contributed by atoms with Gasteiger partial charge in [-0.1, -0.05) is 223 Å². The highest BCUT2D eigenvalue weighted by atomic mass is 16.5. The Morgan fingerprint density at radius 2 is 0.917 bits per heavy atom. The van der Waals surface area contributed by atoms with Gasteiger partial charge in [0.15, 0.2) is 0 Å². The van der Waals surface area contributed by atoms with Gasteiger partial charge in [0.1, 0.15) is 6.10 Å². The van der Waals surface area contributed by atoms with Crippen LogP contribution >= 0.6 is 0 Å². The van der Waals surface area contributed by atoms with Crippen LogP contribution < -0.4 is 5.32 Å². The molecule has 0 aliphatic heterocycles. The summed E-state index contributed by atoms with van der Waals surface area (Å²) in [6, 6.07) is -0.716. The van der Waals surface area contributed by atoms with E-state index in [4.69, 9.17) is 4.74 Å². The maximum Gasteiger partial charge on any atom is 0.306 e. The molecule has 0 aliphatic carbocycles. The summed E-state index contributed by atoms with van der Waals surface area (Å²) in [4.78, 5) is 26.1. The lowest BCUT2D eigenvalue weighted by Crippen LogP contribution is -2.46. The van der Waals surface area contributed by atoms with Crippen LogP contribution in [0.15, 0.2) is 60.8 Å². The first kappa shape index (κ1) is 57.6. The number of amides is 1. The molecule has 6 nitrogen and oxygen atoms in total. The van der Waals surface area contributed by atoms with Crippen molar-refractivity contribution in [3.8, 4) is 0 Å². The summed E-state index contributed by atoms with van der Waals surface area (Å²) < 4.78 is 5.91. The average molecular weight is 840 g/mol. The molecular formula is C54H97NO5. The van der Waals surface area contributed by atoms with E-state index in [1.807, 2.05) is 24.3 Å². The Bertz CT molecular complexity index is 1080. The smallest absolute Gasteiger partial charge is 0.306 e. The van der Waals surface area contributed by atoms with Gasteiger partial charge in [-0.05, 0) is 70.6 Å². The van der Waals surface area contributed by atoms with E-state index in [2.05, 4.69) is 62.5 Å². The molecule has 6 heteroatoms. The Morgan fingerprint density at radius 1 is 0.500 bits per heavy atom. The van der Waals surface area contributed by atoms with Crippen molar-refractivity contribution in [3.63, 3.8) is 0 Å². The van der Waals surface area contributed by atoms with Crippen LogP contribution in [0.25, 0.3) is 0 Å². The molecule has 3 atom stereocenters. The SMILES string of the molecule is CC/C=C/C=C/C=C/C=C\CCCCCC(CC(=O)NC(CO)C(O)CCCCCCCCCCCCCCC)OC(=O)CCCCCCCCC/C=C\CCCCCC. The highest BCUT2D eigenvalue weighted by molar-refractivity contribution is 5.77. The first-order valence-corrected chi connectivity index (χ1v) is 25.6. The molecule has 0 aromatic heterocycles. The molecule has 0 saturated carbocycles. The van der Waals surface area contributed by atoms with Crippen molar-refractivity contribution in [1.29, 1.82) is 0 Å². The Kier molecular flexibility index (Phi) is 45.7. The van der Waals surface area contributed by atoms with Gasteiger partial charge in [0.25, 0.3) is 0 Å². The third-order valence-corrected chi connectivity index (χ3v) is 11.4. The number of rotatable bonds is 45. The molecule has 0 saturated heterocycles. The van der Waals surface area contributed by atoms with Gasteiger partial charge in [0.2, 0.25) is 5.91 Å². The Morgan fingerprint density at radius 3 is 1.45 bits per heavy atom. The number of ether oxygens (including phenoxy) is 1. The maximum absolute atomic E-state index is 13.2. The molecule has 348 valence electrons. The highest BCUT2D eigenvalue weighted by Crippen LogP contribution is 2.17. The number of allylic oxidation sites excluding steroid dienone is 10. The Hall–Kier alpha value is -2.44. The lowest BCUT2D eigenvalue weighted by molar-refractivity contribution is -0.151. The third-order valence-electron chi connectivity index (χ3n) is 11.4. The van der Waals surface area contributed by atoms with Gasteiger partial charge < -0.3 is 20.3 Å². The lowest BCUT2D eigenvalue weighted by Gasteiger charge is -2.24. The van der Waals surface area contributed by atoms with Gasteiger partial charge in [0, 0.05) is 6.42 Å². The van der Waals surface area contributed by atoms with Gasteiger partial charge in [0.05, 0.1) is 25.2 Å². The molecule has 60 heavy (non-hydrogen) atoms. The summed E-state index contributed by atoms with van der Waals surface area (Å²) in [6.07, 6.45) is 58.5. The molecule has 0 aliphatic rings. The first-order chi connectivity index (χ1) is 29.5. The summed E-state index contributed by atoms with van der Waals surface area (Å²) in [5.74, 6) is -0.517. The monoisotopic (exact) mass is 840 g/mol. The molecule has 0 aromatic carbocycles. The summed E-state index contributed by atoms with van der Waals surface area (Å²) in [7, 11) is 0. The van der Waals surface area contributed by atoms with E-state index >= 15 is 0 Å². The molecule has 0 spiro atoms. The third kappa shape index (κ3) is 42.3. The molecule has 1 amide bonds. The number of hydrogen-bond acceptors (Lipinski definition) is 5. The van der Waals surface area contributed by atoms with Crippen molar-refractivity contribution < 1.29 is 24.5 Å². The normalized spacial score (nSPS) is 13.8. The predicted molar refractivity (Wildman–Crippen MR) is 259 cm³/mol. The maximum atomic E-state index is 13.2. The quantitative estimate of drug-likeness (QED) is 0.0246. The molecule has 0 fully saturated rings. The molecule has 0 heterocycles. The summed E-state index contributed by atoms with van der Waals surface area (Å²) in [5.41, 5.74) is 0. The summed E-state index contributed by atoms with van der Waals surface area (Å²) >= 11 is 0. The van der Waals surface area contributed by atoms with Crippen molar-refractivity contribution in [2.75, 3.05) is 6.61 Å². The second-order valence-corrected chi connectivity index (χ2v) is 17.3. The fraction of sp³-hybridized carbons (Fsp3) is 0.778. The summed E-state index contributed by atoms with van der Waals surface area (Å²) in [5, 5.41) is 23.7. The molecule has 0 radical (unpaired) electrons. The lowest BCUT2D eigenvalue weighted by atomic mass is 10.0. The summed E-state index contributed by atoms with van der Waals surface area (Å²) in [6.45, 7) is 6.32. The number of carbonyl (C=O) groups excluding carboxylic acids is 2. The topological polar surface area (TPSA) is 95.9 Å². The minimum absolute atomic E-state index is 0.0490. The molecule has 3 N–H and O–H groups in total. The second kappa shape index (κ2) is 47.6. The van der Waals surface area contributed by atoms with E-state index in [9.17, 15) is 19.8 Å². The number of esters is 1. The Labute approximate surface area is 371 Å². The van der Waals surface area contributed by atoms with Gasteiger partial charge in [-0.15, -0.1) is 0 Å². The number of aliphatic hydroxyl groups excluding tert-OH is 2. The van der Waals surface area contributed by atoms with Crippen molar-refractivity contribution in [2.45, 2.75) is 264 Å². The molecule has 3 unspecified atom stereocenters. The van der Waals surface area contributed by atoms with Crippen LogP contribution in [0.2, 0.25) is 0 Å². The van der Waals surface area contributed by atoms with Crippen LogP contribution in [0.4, 0.5) is 0 Å². The zero-order chi connectivity index (χ0) is 43.8. The first-order valence-electron chi connectivity index (χ1n) is 25.6. The zero-order valence-corrected chi connectivity index (χ0v) is 39.6. The fourth-order valence-corrected chi connectivity index (χ4v) is 7.55.